The smallest absolute Gasteiger partial charge is 0.286 e. The van der Waals surface area contributed by atoms with Crippen LogP contribution in [0.25, 0.3) is 0 Å². The van der Waals surface area contributed by atoms with E-state index in [9.17, 15) is 8.42 Å². The van der Waals surface area contributed by atoms with Crippen LogP contribution in [0, 0.1) is 0 Å². The Labute approximate surface area is 120 Å². The zero-order chi connectivity index (χ0) is 13.9. The van der Waals surface area contributed by atoms with Crippen LogP contribution in [-0.2, 0) is 10.0 Å². The molecule has 0 amide bonds. The number of ether oxygens (including phenoxy) is 1. The van der Waals surface area contributed by atoms with Crippen LogP contribution in [0.4, 0.5) is 0 Å². The molecule has 0 saturated heterocycles. The molecule has 0 radical (unpaired) electrons. The molecule has 2 rings (SSSR count). The first-order chi connectivity index (χ1) is 9.05. The molecule has 0 bridgehead atoms. The van der Waals surface area contributed by atoms with Gasteiger partial charge in [-0.1, -0.05) is 22.9 Å². The van der Waals surface area contributed by atoms with E-state index < -0.39 is 10.0 Å². The topological polar surface area (TPSA) is 61.2 Å². The molecule has 1 aromatic carbocycles. The van der Waals surface area contributed by atoms with E-state index in [1.54, 1.807) is 18.2 Å². The lowest BCUT2D eigenvalue weighted by atomic mass is 10.3. The largest absolute Gasteiger partial charge is 0.492 e. The summed E-state index contributed by atoms with van der Waals surface area (Å²) in [7, 11) is -3.73. The summed E-state index contributed by atoms with van der Waals surface area (Å²) in [5, 5.41) is 3.77. The SMILES string of the molecule is CCCOc1ccc(Br)cc1S(=O)(=O)n1cccn1. The number of hydrogen-bond donors (Lipinski definition) is 0. The van der Waals surface area contributed by atoms with E-state index in [1.165, 1.54) is 18.5 Å². The van der Waals surface area contributed by atoms with Gasteiger partial charge in [0, 0.05) is 10.7 Å². The molecule has 5 nitrogen and oxygen atoms in total. The average Bonchev–Trinajstić information content (AvgIpc) is 2.91. The molecule has 0 N–H and O–H groups in total. The van der Waals surface area contributed by atoms with Crippen molar-refractivity contribution in [1.82, 2.24) is 9.19 Å². The van der Waals surface area contributed by atoms with Gasteiger partial charge in [0.15, 0.2) is 0 Å². The molecule has 0 aliphatic carbocycles. The van der Waals surface area contributed by atoms with Crippen LogP contribution in [-0.4, -0.2) is 24.2 Å². The van der Waals surface area contributed by atoms with Crippen molar-refractivity contribution >= 4 is 26.0 Å². The Bertz CT molecular complexity index is 654. The summed E-state index contributed by atoms with van der Waals surface area (Å²) < 4.78 is 31.9. The van der Waals surface area contributed by atoms with Crippen molar-refractivity contribution in [3.63, 3.8) is 0 Å². The lowest BCUT2D eigenvalue weighted by molar-refractivity contribution is 0.309. The van der Waals surface area contributed by atoms with Gasteiger partial charge in [-0.3, -0.25) is 0 Å². The standard InChI is InChI=1S/C12H13BrN2O3S/c1-2-8-18-11-5-4-10(13)9-12(11)19(16,17)15-7-3-6-14-15/h3-7,9H,2,8H2,1H3. The van der Waals surface area contributed by atoms with Crippen molar-refractivity contribution in [1.29, 1.82) is 0 Å². The summed E-state index contributed by atoms with van der Waals surface area (Å²) in [5.41, 5.74) is 0. The van der Waals surface area contributed by atoms with Gasteiger partial charge in [0.2, 0.25) is 0 Å². The Morgan fingerprint density at radius 2 is 2.21 bits per heavy atom. The summed E-state index contributed by atoms with van der Waals surface area (Å²) in [6.45, 7) is 2.42. The Hall–Kier alpha value is -1.34. The molecule has 0 unspecified atom stereocenters. The van der Waals surface area contributed by atoms with Crippen LogP contribution in [0.15, 0.2) is 46.0 Å². The molecule has 0 spiro atoms. The third-order valence-electron chi connectivity index (χ3n) is 2.37. The van der Waals surface area contributed by atoms with Crippen molar-refractivity contribution in [2.75, 3.05) is 6.61 Å². The van der Waals surface area contributed by atoms with E-state index in [0.29, 0.717) is 16.8 Å². The second-order valence-corrected chi connectivity index (χ2v) is 6.50. The number of nitrogens with zero attached hydrogens (tertiary/aromatic N) is 2. The van der Waals surface area contributed by atoms with Crippen molar-refractivity contribution in [2.24, 2.45) is 0 Å². The third-order valence-corrected chi connectivity index (χ3v) is 4.45. The van der Waals surface area contributed by atoms with Crippen LogP contribution in [0.1, 0.15) is 13.3 Å². The first-order valence-electron chi connectivity index (χ1n) is 5.73. The molecule has 2 aromatic rings. The first kappa shape index (κ1) is 14.1. The predicted molar refractivity (Wildman–Crippen MR) is 74.7 cm³/mol. The summed E-state index contributed by atoms with van der Waals surface area (Å²) >= 11 is 3.27. The van der Waals surface area contributed by atoms with Crippen LogP contribution in [0.3, 0.4) is 0 Å². The maximum Gasteiger partial charge on any atom is 0.286 e. The van der Waals surface area contributed by atoms with Gasteiger partial charge in [0.25, 0.3) is 10.0 Å². The molecule has 1 aromatic heterocycles. The minimum Gasteiger partial charge on any atom is -0.492 e. The fourth-order valence-corrected chi connectivity index (χ4v) is 3.29. The van der Waals surface area contributed by atoms with Crippen molar-refractivity contribution < 1.29 is 13.2 Å². The van der Waals surface area contributed by atoms with E-state index in [0.717, 1.165) is 10.5 Å². The normalized spacial score (nSPS) is 11.5. The van der Waals surface area contributed by atoms with E-state index >= 15 is 0 Å². The maximum atomic E-state index is 12.4. The van der Waals surface area contributed by atoms with E-state index in [1.807, 2.05) is 6.92 Å². The Balaban J connectivity index is 2.51. The Kier molecular flexibility index (Phi) is 4.26. The number of halogens is 1. The van der Waals surface area contributed by atoms with Gasteiger partial charge in [0.05, 0.1) is 12.8 Å². The van der Waals surface area contributed by atoms with Gasteiger partial charge in [-0.05, 0) is 30.7 Å². The molecule has 0 saturated carbocycles. The van der Waals surface area contributed by atoms with Crippen molar-refractivity contribution in [3.8, 4) is 5.75 Å². The fourth-order valence-electron chi connectivity index (χ4n) is 1.51. The second kappa shape index (κ2) is 5.75. The highest BCUT2D eigenvalue weighted by Crippen LogP contribution is 2.29. The highest BCUT2D eigenvalue weighted by molar-refractivity contribution is 9.10. The van der Waals surface area contributed by atoms with Gasteiger partial charge >= 0.3 is 0 Å². The number of aromatic nitrogens is 2. The van der Waals surface area contributed by atoms with Crippen LogP contribution >= 0.6 is 15.9 Å². The maximum absolute atomic E-state index is 12.4. The van der Waals surface area contributed by atoms with Gasteiger partial charge < -0.3 is 4.74 Å². The fraction of sp³-hybridized carbons (Fsp3) is 0.250. The number of benzene rings is 1. The van der Waals surface area contributed by atoms with Crippen molar-refractivity contribution in [2.45, 2.75) is 18.2 Å². The average molecular weight is 345 g/mol. The Morgan fingerprint density at radius 3 is 2.84 bits per heavy atom. The van der Waals surface area contributed by atoms with Gasteiger partial charge in [0.1, 0.15) is 10.6 Å². The monoisotopic (exact) mass is 344 g/mol. The van der Waals surface area contributed by atoms with Gasteiger partial charge in [-0.15, -0.1) is 0 Å². The second-order valence-electron chi connectivity index (χ2n) is 3.82. The lowest BCUT2D eigenvalue weighted by Gasteiger charge is -2.11. The molecular weight excluding hydrogens is 332 g/mol. The van der Waals surface area contributed by atoms with Gasteiger partial charge in [-0.2, -0.15) is 17.6 Å². The Morgan fingerprint density at radius 1 is 1.42 bits per heavy atom. The molecule has 1 heterocycles. The molecule has 0 aliphatic heterocycles. The van der Waals surface area contributed by atoms with Crippen LogP contribution in [0.2, 0.25) is 0 Å². The molecular formula is C12H13BrN2O3S. The van der Waals surface area contributed by atoms with Crippen LogP contribution in [0.5, 0.6) is 5.75 Å². The molecule has 102 valence electrons. The molecule has 0 aliphatic rings. The number of hydrogen-bond acceptors (Lipinski definition) is 4. The highest BCUT2D eigenvalue weighted by atomic mass is 79.9. The molecule has 19 heavy (non-hydrogen) atoms. The number of rotatable bonds is 5. The highest BCUT2D eigenvalue weighted by Gasteiger charge is 2.22. The molecule has 0 atom stereocenters. The molecule has 7 heteroatoms. The lowest BCUT2D eigenvalue weighted by Crippen LogP contribution is -2.15. The summed E-state index contributed by atoms with van der Waals surface area (Å²) in [5.74, 6) is 0.334. The minimum absolute atomic E-state index is 0.0963. The summed E-state index contributed by atoms with van der Waals surface area (Å²) in [6.07, 6.45) is 3.61. The predicted octanol–water partition coefficient (Wildman–Crippen LogP) is 2.67. The summed E-state index contributed by atoms with van der Waals surface area (Å²) in [6, 6.07) is 6.45. The van der Waals surface area contributed by atoms with E-state index in [2.05, 4.69) is 21.0 Å². The summed E-state index contributed by atoms with van der Waals surface area (Å²) in [4.78, 5) is 0.0963. The zero-order valence-corrected chi connectivity index (χ0v) is 12.7. The first-order valence-corrected chi connectivity index (χ1v) is 7.96. The van der Waals surface area contributed by atoms with Crippen molar-refractivity contribution in [3.05, 3.63) is 41.1 Å². The zero-order valence-electron chi connectivity index (χ0n) is 10.3. The minimum atomic E-state index is -3.73. The van der Waals surface area contributed by atoms with Gasteiger partial charge in [-0.25, -0.2) is 0 Å². The third kappa shape index (κ3) is 2.98. The van der Waals surface area contributed by atoms with E-state index in [4.69, 9.17) is 4.74 Å². The van der Waals surface area contributed by atoms with E-state index in [-0.39, 0.29) is 4.90 Å². The molecule has 0 fully saturated rings. The van der Waals surface area contributed by atoms with Crippen LogP contribution < -0.4 is 4.74 Å². The quantitative estimate of drug-likeness (QED) is 0.836.